The van der Waals surface area contributed by atoms with Crippen molar-refractivity contribution in [1.29, 1.82) is 0 Å². The van der Waals surface area contributed by atoms with E-state index in [1.807, 2.05) is 33.0 Å². The number of piperidine rings is 1. The monoisotopic (exact) mass is 361 g/mol. The molecule has 1 atom stereocenters. The first-order valence-corrected chi connectivity index (χ1v) is 10.1. The molecule has 0 aromatic carbocycles. The molecule has 5 heteroatoms. The first-order valence-electron chi connectivity index (χ1n) is 10.1. The molecule has 0 bridgehead atoms. The lowest BCUT2D eigenvalue weighted by molar-refractivity contribution is 0.0579. The second-order valence-corrected chi connectivity index (χ2v) is 8.13. The van der Waals surface area contributed by atoms with Gasteiger partial charge in [-0.15, -0.1) is 0 Å². The first kappa shape index (κ1) is 20.7. The van der Waals surface area contributed by atoms with E-state index in [2.05, 4.69) is 29.8 Å². The van der Waals surface area contributed by atoms with Crippen LogP contribution in [0.3, 0.4) is 0 Å². The van der Waals surface area contributed by atoms with Crippen LogP contribution >= 0.6 is 0 Å². The smallest absolute Gasteiger partial charge is 0.416 e. The minimum absolute atomic E-state index is 0.329. The number of nitrogens with zero attached hydrogens (tertiary/aromatic N) is 3. The van der Waals surface area contributed by atoms with Gasteiger partial charge in [-0.25, -0.2) is 9.78 Å². The highest BCUT2D eigenvalue weighted by atomic mass is 16.6. The molecule has 0 spiro atoms. The maximum atomic E-state index is 12.5. The van der Waals surface area contributed by atoms with Gasteiger partial charge in [-0.05, 0) is 71.2 Å². The molecule has 1 aromatic heterocycles. The van der Waals surface area contributed by atoms with Crippen LogP contribution in [-0.2, 0) is 4.74 Å². The average molecular weight is 362 g/mol. The number of carbonyl (C=O) groups excluding carboxylic acids is 1. The number of ether oxygens (including phenoxy) is 1. The molecule has 26 heavy (non-hydrogen) atoms. The van der Waals surface area contributed by atoms with Gasteiger partial charge >= 0.3 is 6.09 Å². The van der Waals surface area contributed by atoms with E-state index in [-0.39, 0.29) is 6.09 Å². The molecule has 0 N–H and O–H groups in total. The van der Waals surface area contributed by atoms with Crippen LogP contribution in [0, 0.1) is 0 Å². The van der Waals surface area contributed by atoms with Crippen molar-refractivity contribution in [3.63, 3.8) is 0 Å². The fraction of sp³-hybridized carbons (Fsp3) is 0.714. The quantitative estimate of drug-likeness (QED) is 0.701. The number of anilines is 1. The SMILES string of the molecule is CCCN(C(=O)OC(C)(C)C)c1ccc([C@H]2CCCCN2CCC)cn1. The Bertz CT molecular complexity index is 564. The van der Waals surface area contributed by atoms with Gasteiger partial charge in [0.15, 0.2) is 0 Å². The predicted octanol–water partition coefficient (Wildman–Crippen LogP) is 5.17. The van der Waals surface area contributed by atoms with Crippen LogP contribution in [0.2, 0.25) is 0 Å². The Hall–Kier alpha value is -1.62. The zero-order chi connectivity index (χ0) is 19.2. The van der Waals surface area contributed by atoms with Gasteiger partial charge in [0.05, 0.1) is 0 Å². The minimum atomic E-state index is -0.508. The highest BCUT2D eigenvalue weighted by Crippen LogP contribution is 2.31. The van der Waals surface area contributed by atoms with Gasteiger partial charge in [0.25, 0.3) is 0 Å². The average Bonchev–Trinajstić information content (AvgIpc) is 2.59. The number of hydrogen-bond acceptors (Lipinski definition) is 4. The van der Waals surface area contributed by atoms with E-state index >= 15 is 0 Å². The van der Waals surface area contributed by atoms with Crippen LogP contribution in [-0.4, -0.2) is 41.2 Å². The van der Waals surface area contributed by atoms with Crippen molar-refractivity contribution in [2.24, 2.45) is 0 Å². The van der Waals surface area contributed by atoms with E-state index in [0.717, 1.165) is 13.0 Å². The van der Waals surface area contributed by atoms with Crippen molar-refractivity contribution in [2.75, 3.05) is 24.5 Å². The maximum Gasteiger partial charge on any atom is 0.416 e. The van der Waals surface area contributed by atoms with Gasteiger partial charge in [0.2, 0.25) is 0 Å². The van der Waals surface area contributed by atoms with Gasteiger partial charge in [0, 0.05) is 18.8 Å². The first-order chi connectivity index (χ1) is 12.4. The Labute approximate surface area is 158 Å². The lowest BCUT2D eigenvalue weighted by Gasteiger charge is -2.35. The van der Waals surface area contributed by atoms with Crippen molar-refractivity contribution in [1.82, 2.24) is 9.88 Å². The third-order valence-corrected chi connectivity index (χ3v) is 4.62. The summed E-state index contributed by atoms with van der Waals surface area (Å²) in [5.41, 5.74) is 0.744. The summed E-state index contributed by atoms with van der Waals surface area (Å²) in [7, 11) is 0. The summed E-state index contributed by atoms with van der Waals surface area (Å²) in [5.74, 6) is 0.669. The number of rotatable bonds is 6. The van der Waals surface area contributed by atoms with E-state index in [9.17, 15) is 4.79 Å². The van der Waals surface area contributed by atoms with E-state index in [1.165, 1.54) is 37.8 Å². The van der Waals surface area contributed by atoms with Gasteiger partial charge in [0.1, 0.15) is 11.4 Å². The van der Waals surface area contributed by atoms with Crippen molar-refractivity contribution >= 4 is 11.9 Å². The van der Waals surface area contributed by atoms with Gasteiger partial charge in [-0.3, -0.25) is 9.80 Å². The summed E-state index contributed by atoms with van der Waals surface area (Å²) < 4.78 is 5.54. The molecule has 1 fully saturated rings. The van der Waals surface area contributed by atoms with Gasteiger partial charge < -0.3 is 4.74 Å². The summed E-state index contributed by atoms with van der Waals surface area (Å²) in [6.07, 6.45) is 7.38. The lowest BCUT2D eigenvalue weighted by atomic mass is 9.96. The molecule has 1 aliphatic rings. The summed E-state index contributed by atoms with van der Waals surface area (Å²) in [5, 5.41) is 0. The van der Waals surface area contributed by atoms with Crippen LogP contribution in [0.5, 0.6) is 0 Å². The summed E-state index contributed by atoms with van der Waals surface area (Å²) in [4.78, 5) is 21.4. The van der Waals surface area contributed by atoms with Crippen LogP contribution in [0.4, 0.5) is 10.6 Å². The Morgan fingerprint density at radius 2 is 2.04 bits per heavy atom. The zero-order valence-electron chi connectivity index (χ0n) is 17.1. The highest BCUT2D eigenvalue weighted by Gasteiger charge is 2.26. The molecule has 0 saturated carbocycles. The van der Waals surface area contributed by atoms with Crippen LogP contribution < -0.4 is 4.90 Å². The summed E-state index contributed by atoms with van der Waals surface area (Å²) in [6.45, 7) is 12.8. The summed E-state index contributed by atoms with van der Waals surface area (Å²) >= 11 is 0. The molecule has 1 aromatic rings. The standard InChI is InChI=1S/C21H35N3O2/c1-6-13-23-15-9-8-10-18(23)17-11-12-19(22-16-17)24(14-7-2)20(25)26-21(3,4)5/h11-12,16,18H,6-10,13-15H2,1-5H3/t18-/m1/s1. The fourth-order valence-corrected chi connectivity index (χ4v) is 3.52. The van der Waals surface area contributed by atoms with Crippen LogP contribution in [0.15, 0.2) is 18.3 Å². The molecule has 2 rings (SSSR count). The molecule has 1 saturated heterocycles. The van der Waals surface area contributed by atoms with Crippen LogP contribution in [0.1, 0.15) is 78.3 Å². The molecule has 146 valence electrons. The topological polar surface area (TPSA) is 45.7 Å². The molecule has 1 aliphatic heterocycles. The Kier molecular flexibility index (Phi) is 7.44. The molecular weight excluding hydrogens is 326 g/mol. The molecule has 0 radical (unpaired) electrons. The molecule has 2 heterocycles. The third kappa shape index (κ3) is 5.70. The van der Waals surface area contributed by atoms with Crippen LogP contribution in [0.25, 0.3) is 0 Å². The normalized spacial score (nSPS) is 18.6. The molecule has 0 unspecified atom stereocenters. The lowest BCUT2D eigenvalue weighted by Crippen LogP contribution is -2.38. The van der Waals surface area contributed by atoms with Crippen molar-refractivity contribution in [2.45, 2.75) is 78.4 Å². The maximum absolute atomic E-state index is 12.5. The number of amides is 1. The van der Waals surface area contributed by atoms with E-state index in [4.69, 9.17) is 4.74 Å². The molecular formula is C21H35N3O2. The third-order valence-electron chi connectivity index (χ3n) is 4.62. The summed E-state index contributed by atoms with van der Waals surface area (Å²) in [6, 6.07) is 4.55. The number of pyridine rings is 1. The van der Waals surface area contributed by atoms with Crippen molar-refractivity contribution in [3.05, 3.63) is 23.9 Å². The largest absolute Gasteiger partial charge is 0.443 e. The van der Waals surface area contributed by atoms with Gasteiger partial charge in [-0.1, -0.05) is 26.3 Å². The van der Waals surface area contributed by atoms with E-state index < -0.39 is 5.60 Å². The predicted molar refractivity (Wildman–Crippen MR) is 107 cm³/mol. The van der Waals surface area contributed by atoms with Crippen molar-refractivity contribution in [3.8, 4) is 0 Å². The van der Waals surface area contributed by atoms with E-state index in [1.54, 1.807) is 4.90 Å². The second kappa shape index (κ2) is 9.36. The molecule has 0 aliphatic carbocycles. The molecule has 1 amide bonds. The Morgan fingerprint density at radius 3 is 2.62 bits per heavy atom. The zero-order valence-corrected chi connectivity index (χ0v) is 17.1. The Balaban J connectivity index is 2.15. The van der Waals surface area contributed by atoms with Crippen molar-refractivity contribution < 1.29 is 9.53 Å². The number of carbonyl (C=O) groups is 1. The Morgan fingerprint density at radius 1 is 1.27 bits per heavy atom. The minimum Gasteiger partial charge on any atom is -0.443 e. The second-order valence-electron chi connectivity index (χ2n) is 8.13. The number of hydrogen-bond donors (Lipinski definition) is 0. The molecule has 5 nitrogen and oxygen atoms in total. The fourth-order valence-electron chi connectivity index (χ4n) is 3.52. The number of likely N-dealkylation sites (tertiary alicyclic amines) is 1. The highest BCUT2D eigenvalue weighted by molar-refractivity contribution is 5.86. The van der Waals surface area contributed by atoms with Gasteiger partial charge in [-0.2, -0.15) is 0 Å². The number of aromatic nitrogens is 1. The van der Waals surface area contributed by atoms with E-state index in [0.29, 0.717) is 18.4 Å².